The van der Waals surface area contributed by atoms with Crippen molar-refractivity contribution in [1.82, 2.24) is 4.98 Å². The number of anilines is 1. The van der Waals surface area contributed by atoms with Crippen molar-refractivity contribution in [2.75, 3.05) is 19.1 Å². The Morgan fingerprint density at radius 3 is 2.27 bits per heavy atom. The van der Waals surface area contributed by atoms with Gasteiger partial charge in [0.05, 0.1) is 30.9 Å². The molecular weight excluding hydrogens is 451 g/mol. The molecule has 0 radical (unpaired) electrons. The molecule has 0 spiro atoms. The number of carbonyl (C=O) groups excluding carboxylic acids is 2. The highest BCUT2D eigenvalue weighted by Gasteiger charge is 2.47. The number of rotatable bonds is 5. The lowest BCUT2D eigenvalue weighted by Gasteiger charge is -2.25. The van der Waals surface area contributed by atoms with Gasteiger partial charge in [-0.2, -0.15) is 0 Å². The molecule has 168 valence electrons. The number of hydrogen-bond acceptors (Lipinski definition) is 6. The first-order valence-electron chi connectivity index (χ1n) is 9.76. The largest absolute Gasteiger partial charge is 0.506 e. The highest BCUT2D eigenvalue weighted by Crippen LogP contribution is 2.45. The van der Waals surface area contributed by atoms with Crippen LogP contribution in [0.15, 0.2) is 66.5 Å². The summed E-state index contributed by atoms with van der Waals surface area (Å²) in [6, 6.07) is 10.7. The number of hydrogen-bond donors (Lipinski definition) is 1. The summed E-state index contributed by atoms with van der Waals surface area (Å²) in [5.41, 5.74) is 0.627. The first-order chi connectivity index (χ1) is 15.9. The van der Waals surface area contributed by atoms with Gasteiger partial charge in [0.1, 0.15) is 28.6 Å². The standard InChI is InChI=1S/C24H18ClFN2O5/c1-32-17-4-3-5-18(33-2)19(17)22(29)20-21(13-8-10-27-11-9-13)28(24(31)23(20)30)14-6-7-16(26)15(25)12-14/h3-12,21,29H,1-2H3/b22-20+. The van der Waals surface area contributed by atoms with Crippen LogP contribution >= 0.6 is 11.6 Å². The molecule has 9 heteroatoms. The van der Waals surface area contributed by atoms with E-state index in [9.17, 15) is 19.1 Å². The third-order valence-electron chi connectivity index (χ3n) is 5.31. The maximum absolute atomic E-state index is 13.8. The van der Waals surface area contributed by atoms with Gasteiger partial charge in [0, 0.05) is 18.1 Å². The van der Waals surface area contributed by atoms with Crippen LogP contribution in [0.3, 0.4) is 0 Å². The zero-order chi connectivity index (χ0) is 23.7. The minimum absolute atomic E-state index is 0.122. The summed E-state index contributed by atoms with van der Waals surface area (Å²) in [6.07, 6.45) is 2.99. The minimum atomic E-state index is -1.04. The molecule has 1 fully saturated rings. The predicted molar refractivity (Wildman–Crippen MR) is 120 cm³/mol. The van der Waals surface area contributed by atoms with Crippen LogP contribution in [0.1, 0.15) is 17.2 Å². The van der Waals surface area contributed by atoms with Crippen LogP contribution < -0.4 is 14.4 Å². The van der Waals surface area contributed by atoms with Crippen molar-refractivity contribution >= 4 is 34.7 Å². The number of pyridine rings is 1. The number of ketones is 1. The number of Topliss-reactive ketones (excluding diaryl/α,β-unsaturated/α-hetero) is 1. The van der Waals surface area contributed by atoms with Gasteiger partial charge in [0.15, 0.2) is 0 Å². The second kappa shape index (κ2) is 8.91. The van der Waals surface area contributed by atoms with E-state index in [4.69, 9.17) is 21.1 Å². The Morgan fingerprint density at radius 2 is 1.70 bits per heavy atom. The first-order valence-corrected chi connectivity index (χ1v) is 10.1. The first kappa shape index (κ1) is 22.3. The molecule has 1 aliphatic rings. The van der Waals surface area contributed by atoms with Crippen molar-refractivity contribution in [3.63, 3.8) is 0 Å². The Bertz CT molecular complexity index is 1260. The van der Waals surface area contributed by atoms with Gasteiger partial charge in [0.25, 0.3) is 11.7 Å². The lowest BCUT2D eigenvalue weighted by atomic mass is 9.95. The maximum atomic E-state index is 13.8. The third-order valence-corrected chi connectivity index (χ3v) is 5.60. The molecule has 1 unspecified atom stereocenters. The van der Waals surface area contributed by atoms with E-state index in [0.717, 1.165) is 11.0 Å². The number of aliphatic hydroxyl groups is 1. The zero-order valence-corrected chi connectivity index (χ0v) is 18.3. The zero-order valence-electron chi connectivity index (χ0n) is 17.6. The van der Waals surface area contributed by atoms with E-state index in [2.05, 4.69) is 4.98 Å². The monoisotopic (exact) mass is 468 g/mol. The normalized spacial score (nSPS) is 17.3. The van der Waals surface area contributed by atoms with Gasteiger partial charge in [-0.25, -0.2) is 4.39 Å². The minimum Gasteiger partial charge on any atom is -0.506 e. The van der Waals surface area contributed by atoms with Gasteiger partial charge < -0.3 is 14.6 Å². The molecule has 1 amide bonds. The van der Waals surface area contributed by atoms with Gasteiger partial charge in [-0.15, -0.1) is 0 Å². The SMILES string of the molecule is COc1cccc(OC)c1/C(O)=C1\C(=O)C(=O)N(c2ccc(F)c(Cl)c2)C1c1ccncc1. The number of amides is 1. The quantitative estimate of drug-likeness (QED) is 0.336. The Labute approximate surface area is 193 Å². The summed E-state index contributed by atoms with van der Waals surface area (Å²) in [5.74, 6) is -2.48. The molecule has 1 atom stereocenters. The number of halogens is 2. The Balaban J connectivity index is 2.01. The van der Waals surface area contributed by atoms with Crippen molar-refractivity contribution in [3.05, 3.63) is 88.5 Å². The van der Waals surface area contributed by atoms with Crippen molar-refractivity contribution in [1.29, 1.82) is 0 Å². The fourth-order valence-corrected chi connectivity index (χ4v) is 3.99. The molecule has 3 aromatic rings. The smallest absolute Gasteiger partial charge is 0.300 e. The highest BCUT2D eigenvalue weighted by atomic mass is 35.5. The van der Waals surface area contributed by atoms with Crippen LogP contribution in [0, 0.1) is 5.82 Å². The van der Waals surface area contributed by atoms with E-state index in [1.165, 1.54) is 38.7 Å². The molecule has 1 saturated heterocycles. The molecular formula is C24H18ClFN2O5. The van der Waals surface area contributed by atoms with E-state index in [-0.39, 0.29) is 33.3 Å². The molecule has 2 aromatic carbocycles. The van der Waals surface area contributed by atoms with Crippen LogP contribution in [-0.4, -0.2) is 36.0 Å². The molecule has 4 rings (SSSR count). The molecule has 33 heavy (non-hydrogen) atoms. The van der Waals surface area contributed by atoms with Gasteiger partial charge in [-0.1, -0.05) is 17.7 Å². The molecule has 7 nitrogen and oxygen atoms in total. The maximum Gasteiger partial charge on any atom is 0.300 e. The second-order valence-electron chi connectivity index (χ2n) is 7.09. The van der Waals surface area contributed by atoms with Crippen molar-refractivity contribution < 1.29 is 28.6 Å². The van der Waals surface area contributed by atoms with Gasteiger partial charge in [0.2, 0.25) is 0 Å². The molecule has 1 aromatic heterocycles. The number of aromatic nitrogens is 1. The van der Waals surface area contributed by atoms with Crippen molar-refractivity contribution in [2.45, 2.75) is 6.04 Å². The summed E-state index contributed by atoms with van der Waals surface area (Å²) in [7, 11) is 2.82. The fraction of sp³-hybridized carbons (Fsp3) is 0.125. The van der Waals surface area contributed by atoms with E-state index in [1.807, 2.05) is 0 Å². The highest BCUT2D eigenvalue weighted by molar-refractivity contribution is 6.52. The van der Waals surface area contributed by atoms with Crippen LogP contribution in [-0.2, 0) is 9.59 Å². The number of nitrogens with zero attached hydrogens (tertiary/aromatic N) is 2. The molecule has 1 N–H and O–H groups in total. The lowest BCUT2D eigenvalue weighted by Crippen LogP contribution is -2.29. The predicted octanol–water partition coefficient (Wildman–Crippen LogP) is 4.52. The summed E-state index contributed by atoms with van der Waals surface area (Å²) in [5, 5.41) is 11.1. The average Bonchev–Trinajstić information content (AvgIpc) is 3.10. The Morgan fingerprint density at radius 1 is 1.06 bits per heavy atom. The Hall–Kier alpha value is -3.91. The van der Waals surface area contributed by atoms with Crippen LogP contribution in [0.4, 0.5) is 10.1 Å². The number of carbonyl (C=O) groups is 2. The number of ether oxygens (including phenoxy) is 2. The van der Waals surface area contributed by atoms with Gasteiger partial charge >= 0.3 is 0 Å². The summed E-state index contributed by atoms with van der Waals surface area (Å²) in [4.78, 5) is 31.5. The summed E-state index contributed by atoms with van der Waals surface area (Å²) >= 11 is 5.94. The lowest BCUT2D eigenvalue weighted by molar-refractivity contribution is -0.132. The summed E-state index contributed by atoms with van der Waals surface area (Å²) < 4.78 is 24.5. The van der Waals surface area contributed by atoms with E-state index in [0.29, 0.717) is 5.56 Å². The van der Waals surface area contributed by atoms with Crippen molar-refractivity contribution in [3.8, 4) is 11.5 Å². The Kier molecular flexibility index (Phi) is 6.02. The third kappa shape index (κ3) is 3.78. The van der Waals surface area contributed by atoms with Crippen LogP contribution in [0.25, 0.3) is 5.76 Å². The number of aliphatic hydroxyl groups excluding tert-OH is 1. The molecule has 0 aliphatic carbocycles. The van der Waals surface area contributed by atoms with E-state index < -0.39 is 29.3 Å². The van der Waals surface area contributed by atoms with Crippen LogP contribution in [0.2, 0.25) is 5.02 Å². The topological polar surface area (TPSA) is 89.0 Å². The number of benzene rings is 2. The molecule has 1 aliphatic heterocycles. The van der Waals surface area contributed by atoms with E-state index in [1.54, 1.807) is 30.3 Å². The van der Waals surface area contributed by atoms with Crippen molar-refractivity contribution in [2.24, 2.45) is 0 Å². The molecule has 0 bridgehead atoms. The van der Waals surface area contributed by atoms with Gasteiger partial charge in [-0.3, -0.25) is 19.5 Å². The molecule has 0 saturated carbocycles. The van der Waals surface area contributed by atoms with Gasteiger partial charge in [-0.05, 0) is 48.0 Å². The van der Waals surface area contributed by atoms with Crippen LogP contribution in [0.5, 0.6) is 11.5 Å². The fourth-order valence-electron chi connectivity index (χ4n) is 3.81. The number of methoxy groups -OCH3 is 2. The second-order valence-corrected chi connectivity index (χ2v) is 7.49. The molecule has 2 heterocycles. The average molecular weight is 469 g/mol. The van der Waals surface area contributed by atoms with E-state index >= 15 is 0 Å². The summed E-state index contributed by atoms with van der Waals surface area (Å²) in [6.45, 7) is 0.